The van der Waals surface area contributed by atoms with E-state index in [1.54, 1.807) is 0 Å². The topological polar surface area (TPSA) is 61.4 Å². The van der Waals surface area contributed by atoms with Gasteiger partial charge in [-0.25, -0.2) is 4.79 Å². The Labute approximate surface area is 130 Å². The van der Waals surface area contributed by atoms with Crippen molar-refractivity contribution in [3.8, 4) is 0 Å². The van der Waals surface area contributed by atoms with Gasteiger partial charge in [0.15, 0.2) is 5.11 Å². The molecule has 1 aliphatic rings. The van der Waals surface area contributed by atoms with Crippen LogP contribution in [0.15, 0.2) is 30.3 Å². The lowest BCUT2D eigenvalue weighted by Crippen LogP contribution is -2.50. The first-order valence-corrected chi connectivity index (χ1v) is 7.90. The molecule has 1 fully saturated rings. The van der Waals surface area contributed by atoms with Crippen LogP contribution in [-0.2, 0) is 11.2 Å². The molecule has 1 aromatic rings. The molecule has 1 aromatic carbocycles. The second-order valence-corrected chi connectivity index (χ2v) is 5.94. The Bertz CT molecular complexity index is 472. The van der Waals surface area contributed by atoms with E-state index in [9.17, 15) is 9.90 Å². The van der Waals surface area contributed by atoms with Gasteiger partial charge in [-0.3, -0.25) is 0 Å². The van der Waals surface area contributed by atoms with Crippen molar-refractivity contribution in [1.82, 2.24) is 10.6 Å². The maximum Gasteiger partial charge on any atom is 0.326 e. The van der Waals surface area contributed by atoms with Gasteiger partial charge >= 0.3 is 5.97 Å². The molecule has 0 radical (unpaired) electrons. The summed E-state index contributed by atoms with van der Waals surface area (Å²) in [6.45, 7) is 0. The summed E-state index contributed by atoms with van der Waals surface area (Å²) in [5.41, 5.74) is 0.984. The lowest BCUT2D eigenvalue weighted by Gasteiger charge is -2.26. The Hall–Kier alpha value is -1.62. The molecule has 2 rings (SSSR count). The fraction of sp³-hybridized carbons (Fsp3) is 0.500. The molecule has 5 heteroatoms. The van der Waals surface area contributed by atoms with Crippen LogP contribution in [0.4, 0.5) is 0 Å². The molecule has 0 heterocycles. The van der Waals surface area contributed by atoms with Crippen LogP contribution in [0, 0.1) is 0 Å². The van der Waals surface area contributed by atoms with Crippen LogP contribution >= 0.6 is 12.2 Å². The molecule has 4 nitrogen and oxygen atoms in total. The van der Waals surface area contributed by atoms with Gasteiger partial charge in [0.25, 0.3) is 0 Å². The van der Waals surface area contributed by atoms with Gasteiger partial charge in [-0.15, -0.1) is 0 Å². The van der Waals surface area contributed by atoms with Gasteiger partial charge in [0.05, 0.1) is 0 Å². The maximum atomic E-state index is 11.4. The second kappa shape index (κ2) is 7.98. The first kappa shape index (κ1) is 15.8. The van der Waals surface area contributed by atoms with Gasteiger partial charge in [0.1, 0.15) is 6.04 Å². The van der Waals surface area contributed by atoms with Crippen molar-refractivity contribution in [2.75, 3.05) is 0 Å². The number of rotatable bonds is 5. The molecule has 0 spiro atoms. The number of thiocarbonyl (C=S) groups is 1. The van der Waals surface area contributed by atoms with E-state index in [2.05, 4.69) is 10.6 Å². The monoisotopic (exact) mass is 306 g/mol. The van der Waals surface area contributed by atoms with E-state index >= 15 is 0 Å². The fourth-order valence-electron chi connectivity index (χ4n) is 2.68. The van der Waals surface area contributed by atoms with Crippen LogP contribution in [0.2, 0.25) is 0 Å². The van der Waals surface area contributed by atoms with Crippen LogP contribution in [0.25, 0.3) is 0 Å². The van der Waals surface area contributed by atoms with E-state index in [0.29, 0.717) is 17.6 Å². The van der Waals surface area contributed by atoms with Crippen LogP contribution in [0.1, 0.15) is 37.7 Å². The van der Waals surface area contributed by atoms with E-state index in [0.717, 1.165) is 18.4 Å². The van der Waals surface area contributed by atoms with Gasteiger partial charge in [-0.2, -0.15) is 0 Å². The Morgan fingerprint density at radius 2 is 1.90 bits per heavy atom. The quantitative estimate of drug-likeness (QED) is 0.730. The molecule has 0 bridgehead atoms. The molecule has 0 saturated heterocycles. The molecule has 3 N–H and O–H groups in total. The average molecular weight is 306 g/mol. The van der Waals surface area contributed by atoms with Crippen molar-refractivity contribution in [2.24, 2.45) is 0 Å². The zero-order valence-corrected chi connectivity index (χ0v) is 12.9. The van der Waals surface area contributed by atoms with Crippen LogP contribution in [-0.4, -0.2) is 28.3 Å². The molecule has 0 amide bonds. The summed E-state index contributed by atoms with van der Waals surface area (Å²) in [7, 11) is 0. The number of hydrogen-bond acceptors (Lipinski definition) is 2. The van der Waals surface area contributed by atoms with Crippen molar-refractivity contribution < 1.29 is 9.90 Å². The third-order valence-electron chi connectivity index (χ3n) is 3.83. The first-order chi connectivity index (χ1) is 10.1. The molecule has 21 heavy (non-hydrogen) atoms. The first-order valence-electron chi connectivity index (χ1n) is 7.49. The second-order valence-electron chi connectivity index (χ2n) is 5.53. The summed E-state index contributed by atoms with van der Waals surface area (Å²) < 4.78 is 0. The third kappa shape index (κ3) is 5.34. The highest BCUT2D eigenvalue weighted by Crippen LogP contribution is 2.17. The highest BCUT2D eigenvalue weighted by molar-refractivity contribution is 7.80. The van der Waals surface area contributed by atoms with E-state index < -0.39 is 12.0 Å². The summed E-state index contributed by atoms with van der Waals surface area (Å²) in [5.74, 6) is -0.883. The average Bonchev–Trinajstić information content (AvgIpc) is 2.48. The largest absolute Gasteiger partial charge is 0.480 e. The molecule has 1 atom stereocenters. The Kier molecular flexibility index (Phi) is 5.99. The van der Waals surface area contributed by atoms with Crippen molar-refractivity contribution in [2.45, 2.75) is 50.6 Å². The minimum atomic E-state index is -0.883. The summed E-state index contributed by atoms with van der Waals surface area (Å²) in [4.78, 5) is 11.4. The number of carbonyl (C=O) groups is 1. The highest BCUT2D eigenvalue weighted by Gasteiger charge is 2.20. The third-order valence-corrected chi connectivity index (χ3v) is 4.06. The standard InChI is InChI=1S/C16H22N2O2S/c19-15(20)14(11-12-7-3-1-4-8-12)18-16(21)17-13-9-5-2-6-10-13/h1,3-4,7-8,13-14H,2,5-6,9-11H2,(H,19,20)(H2,17,18,21)/t14-/m0/s1. The van der Waals surface area contributed by atoms with Crippen molar-refractivity contribution in [1.29, 1.82) is 0 Å². The maximum absolute atomic E-state index is 11.4. The molecule has 1 aliphatic carbocycles. The minimum absolute atomic E-state index is 0.380. The van der Waals surface area contributed by atoms with Gasteiger partial charge in [0.2, 0.25) is 0 Å². The van der Waals surface area contributed by atoms with Gasteiger partial charge in [0, 0.05) is 12.5 Å². The smallest absolute Gasteiger partial charge is 0.326 e. The fourth-order valence-corrected chi connectivity index (χ4v) is 2.99. The summed E-state index contributed by atoms with van der Waals surface area (Å²) >= 11 is 5.26. The Morgan fingerprint density at radius 3 is 2.52 bits per heavy atom. The van der Waals surface area contributed by atoms with Crippen molar-refractivity contribution >= 4 is 23.3 Å². The zero-order chi connectivity index (χ0) is 15.1. The van der Waals surface area contributed by atoms with E-state index in [4.69, 9.17) is 12.2 Å². The molecule has 1 saturated carbocycles. The summed E-state index contributed by atoms with van der Waals surface area (Å²) in [5, 5.41) is 16.0. The number of nitrogens with one attached hydrogen (secondary N) is 2. The molecule has 0 aliphatic heterocycles. The van der Waals surface area contributed by atoms with E-state index in [1.807, 2.05) is 30.3 Å². The Morgan fingerprint density at radius 1 is 1.24 bits per heavy atom. The normalized spacial score (nSPS) is 17.0. The highest BCUT2D eigenvalue weighted by atomic mass is 32.1. The Balaban J connectivity index is 1.86. The molecular weight excluding hydrogens is 284 g/mol. The SMILES string of the molecule is O=C(O)[C@H](Cc1ccccc1)NC(=S)NC1CCCCC1. The predicted octanol–water partition coefficient (Wildman–Crippen LogP) is 2.48. The van der Waals surface area contributed by atoms with E-state index in [1.165, 1.54) is 19.3 Å². The van der Waals surface area contributed by atoms with Crippen LogP contribution < -0.4 is 10.6 Å². The van der Waals surface area contributed by atoms with Gasteiger partial charge < -0.3 is 15.7 Å². The molecule has 0 aromatic heterocycles. The van der Waals surface area contributed by atoms with Crippen LogP contribution in [0.3, 0.4) is 0 Å². The summed E-state index contributed by atoms with van der Waals surface area (Å²) in [6, 6.07) is 9.27. The number of carboxylic acids is 1. The molecular formula is C16H22N2O2S. The number of aliphatic carboxylic acids is 1. The minimum Gasteiger partial charge on any atom is -0.480 e. The van der Waals surface area contributed by atoms with E-state index in [-0.39, 0.29) is 0 Å². The van der Waals surface area contributed by atoms with Crippen molar-refractivity contribution in [3.05, 3.63) is 35.9 Å². The predicted molar refractivity (Wildman–Crippen MR) is 87.3 cm³/mol. The van der Waals surface area contributed by atoms with Gasteiger partial charge in [-0.05, 0) is 30.6 Å². The number of benzene rings is 1. The molecule has 0 unspecified atom stereocenters. The number of carboxylic acid groups (broad SMARTS) is 1. The molecule has 114 valence electrons. The van der Waals surface area contributed by atoms with Crippen molar-refractivity contribution in [3.63, 3.8) is 0 Å². The number of hydrogen-bond donors (Lipinski definition) is 3. The van der Waals surface area contributed by atoms with Gasteiger partial charge in [-0.1, -0.05) is 49.6 Å². The lowest BCUT2D eigenvalue weighted by atomic mass is 9.96. The summed E-state index contributed by atoms with van der Waals surface area (Å²) in [6.07, 6.45) is 6.35. The zero-order valence-electron chi connectivity index (χ0n) is 12.0. The lowest BCUT2D eigenvalue weighted by molar-refractivity contribution is -0.139. The van der Waals surface area contributed by atoms with Crippen LogP contribution in [0.5, 0.6) is 0 Å².